The molecule has 1 aliphatic rings. The summed E-state index contributed by atoms with van der Waals surface area (Å²) < 4.78 is 10.7. The second-order valence-corrected chi connectivity index (χ2v) is 5.43. The van der Waals surface area contributed by atoms with E-state index in [0.717, 1.165) is 5.69 Å². The van der Waals surface area contributed by atoms with Crippen molar-refractivity contribution in [2.24, 2.45) is 0 Å². The number of nitrogens with two attached hydrogens (primary N) is 1. The minimum absolute atomic E-state index is 0.0476. The van der Waals surface area contributed by atoms with E-state index in [0.29, 0.717) is 24.3 Å². The number of nitrogen functional groups attached to an aromatic ring is 1. The third kappa shape index (κ3) is 3.11. The summed E-state index contributed by atoms with van der Waals surface area (Å²) in [5.41, 5.74) is 8.09. The third-order valence-corrected chi connectivity index (χ3v) is 3.86. The molecule has 1 aromatic rings. The second kappa shape index (κ2) is 6.32. The van der Waals surface area contributed by atoms with Gasteiger partial charge in [0.1, 0.15) is 12.2 Å². The van der Waals surface area contributed by atoms with Gasteiger partial charge in [0.25, 0.3) is 5.91 Å². The van der Waals surface area contributed by atoms with Crippen LogP contribution in [-0.2, 0) is 9.47 Å². The van der Waals surface area contributed by atoms with E-state index in [1.165, 1.54) is 0 Å². The van der Waals surface area contributed by atoms with Crippen molar-refractivity contribution in [2.75, 3.05) is 52.0 Å². The lowest BCUT2D eigenvalue weighted by molar-refractivity contribution is -0.00461. The van der Waals surface area contributed by atoms with Crippen LogP contribution in [0.5, 0.6) is 0 Å². The number of hydrogen-bond acceptors (Lipinski definition) is 5. The van der Waals surface area contributed by atoms with Crippen LogP contribution in [0.3, 0.4) is 0 Å². The zero-order valence-electron chi connectivity index (χ0n) is 13.0. The smallest absolute Gasteiger partial charge is 0.254 e. The van der Waals surface area contributed by atoms with Crippen molar-refractivity contribution in [2.45, 2.75) is 12.2 Å². The Kier molecular flexibility index (Phi) is 4.69. The molecule has 2 atom stereocenters. The largest absolute Gasteiger partial charge is 0.397 e. The molecule has 21 heavy (non-hydrogen) atoms. The van der Waals surface area contributed by atoms with E-state index in [9.17, 15) is 4.79 Å². The minimum atomic E-state index is -0.0858. The van der Waals surface area contributed by atoms with Gasteiger partial charge in [-0.1, -0.05) is 0 Å². The fourth-order valence-corrected chi connectivity index (χ4v) is 2.64. The predicted octanol–water partition coefficient (Wildman–Crippen LogP) is 0.821. The van der Waals surface area contributed by atoms with Crippen LogP contribution in [0.25, 0.3) is 0 Å². The highest BCUT2D eigenvalue weighted by atomic mass is 16.5. The van der Waals surface area contributed by atoms with Gasteiger partial charge in [-0.15, -0.1) is 0 Å². The Balaban J connectivity index is 2.16. The van der Waals surface area contributed by atoms with Gasteiger partial charge < -0.3 is 25.0 Å². The molecule has 0 aromatic heterocycles. The van der Waals surface area contributed by atoms with Crippen LogP contribution in [0.15, 0.2) is 18.2 Å². The zero-order valence-corrected chi connectivity index (χ0v) is 13.0. The third-order valence-electron chi connectivity index (χ3n) is 3.86. The minimum Gasteiger partial charge on any atom is -0.397 e. The molecule has 0 saturated carbocycles. The highest BCUT2D eigenvalue weighted by Crippen LogP contribution is 2.24. The first-order chi connectivity index (χ1) is 9.97. The number of benzene rings is 1. The van der Waals surface area contributed by atoms with Gasteiger partial charge in [-0.2, -0.15) is 0 Å². The maximum Gasteiger partial charge on any atom is 0.254 e. The Morgan fingerprint density at radius 3 is 2.24 bits per heavy atom. The number of anilines is 2. The highest BCUT2D eigenvalue weighted by molar-refractivity contribution is 5.96. The molecule has 2 unspecified atom stereocenters. The number of carbonyl (C=O) groups is 1. The molecule has 2 N–H and O–H groups in total. The Morgan fingerprint density at radius 2 is 1.81 bits per heavy atom. The molecule has 2 rings (SSSR count). The number of hydrogen-bond donors (Lipinski definition) is 1. The number of amides is 1. The molecule has 0 bridgehead atoms. The number of nitrogens with zero attached hydrogens (tertiary/aromatic N) is 2. The number of likely N-dealkylation sites (tertiary alicyclic amines) is 1. The van der Waals surface area contributed by atoms with Crippen molar-refractivity contribution in [3.8, 4) is 0 Å². The molecule has 6 heteroatoms. The highest BCUT2D eigenvalue weighted by Gasteiger charge is 2.35. The lowest BCUT2D eigenvalue weighted by Crippen LogP contribution is -2.30. The van der Waals surface area contributed by atoms with Gasteiger partial charge >= 0.3 is 0 Å². The van der Waals surface area contributed by atoms with Crippen molar-refractivity contribution in [1.29, 1.82) is 0 Å². The second-order valence-electron chi connectivity index (χ2n) is 5.43. The van der Waals surface area contributed by atoms with Gasteiger partial charge in [0.05, 0.1) is 11.4 Å². The van der Waals surface area contributed by atoms with Crippen LogP contribution in [-0.4, -0.2) is 64.4 Å². The molecule has 1 amide bonds. The first-order valence-corrected chi connectivity index (χ1v) is 6.89. The normalized spacial score (nSPS) is 21.6. The molecule has 1 aromatic carbocycles. The van der Waals surface area contributed by atoms with E-state index in [1.54, 1.807) is 31.3 Å². The summed E-state index contributed by atoms with van der Waals surface area (Å²) in [6, 6.07) is 5.38. The number of carbonyl (C=O) groups excluding carboxylic acids is 1. The summed E-state index contributed by atoms with van der Waals surface area (Å²) in [7, 11) is 7.10. The summed E-state index contributed by atoms with van der Waals surface area (Å²) in [5.74, 6) is -0.0476. The molecular formula is C15H23N3O3. The zero-order chi connectivity index (χ0) is 15.6. The van der Waals surface area contributed by atoms with Crippen molar-refractivity contribution in [3.05, 3.63) is 23.8 Å². The topological polar surface area (TPSA) is 68.0 Å². The number of ether oxygens (including phenoxy) is 2. The van der Waals surface area contributed by atoms with Crippen LogP contribution in [0, 0.1) is 0 Å². The van der Waals surface area contributed by atoms with E-state index < -0.39 is 0 Å². The quantitative estimate of drug-likeness (QED) is 0.833. The Labute approximate surface area is 125 Å². The summed E-state index contributed by atoms with van der Waals surface area (Å²) >= 11 is 0. The molecule has 1 saturated heterocycles. The van der Waals surface area contributed by atoms with E-state index in [-0.39, 0.29) is 18.1 Å². The summed E-state index contributed by atoms with van der Waals surface area (Å²) in [6.07, 6.45) is -0.172. The lowest BCUT2D eigenvalue weighted by Gasteiger charge is -2.19. The molecular weight excluding hydrogens is 270 g/mol. The van der Waals surface area contributed by atoms with Gasteiger partial charge in [0.2, 0.25) is 0 Å². The average Bonchev–Trinajstić information content (AvgIpc) is 2.89. The van der Waals surface area contributed by atoms with Crippen LogP contribution < -0.4 is 10.6 Å². The first-order valence-electron chi connectivity index (χ1n) is 6.89. The predicted molar refractivity (Wildman–Crippen MR) is 82.7 cm³/mol. The molecule has 116 valence electrons. The van der Waals surface area contributed by atoms with Gasteiger partial charge in [-0.05, 0) is 18.2 Å². The van der Waals surface area contributed by atoms with E-state index in [2.05, 4.69) is 0 Å². The van der Waals surface area contributed by atoms with Gasteiger partial charge in [0.15, 0.2) is 0 Å². The lowest BCUT2D eigenvalue weighted by atomic mass is 10.1. The molecule has 0 radical (unpaired) electrons. The Bertz CT molecular complexity index is 507. The summed E-state index contributed by atoms with van der Waals surface area (Å²) in [4.78, 5) is 16.2. The molecule has 1 aliphatic heterocycles. The van der Waals surface area contributed by atoms with Crippen LogP contribution in [0.1, 0.15) is 10.4 Å². The Morgan fingerprint density at radius 1 is 1.24 bits per heavy atom. The maximum atomic E-state index is 12.5. The van der Waals surface area contributed by atoms with Crippen LogP contribution in [0.4, 0.5) is 11.4 Å². The molecule has 1 heterocycles. The average molecular weight is 293 g/mol. The van der Waals surface area contributed by atoms with E-state index in [1.807, 2.05) is 25.1 Å². The molecule has 6 nitrogen and oxygen atoms in total. The van der Waals surface area contributed by atoms with E-state index >= 15 is 0 Å². The van der Waals surface area contributed by atoms with Gasteiger partial charge in [0, 0.05) is 47.0 Å². The maximum absolute atomic E-state index is 12.5. The van der Waals surface area contributed by atoms with Gasteiger partial charge in [-0.25, -0.2) is 0 Å². The Hall–Kier alpha value is -1.79. The molecule has 1 fully saturated rings. The number of rotatable bonds is 4. The SMILES string of the molecule is COC1CN(C(=O)c2ccc(N(C)C)c(N)c2)CC1OC. The molecule has 0 aliphatic carbocycles. The van der Waals surface area contributed by atoms with Crippen LogP contribution >= 0.6 is 0 Å². The van der Waals surface area contributed by atoms with Crippen molar-refractivity contribution >= 4 is 17.3 Å². The van der Waals surface area contributed by atoms with Crippen LogP contribution in [0.2, 0.25) is 0 Å². The monoisotopic (exact) mass is 293 g/mol. The molecule has 0 spiro atoms. The fourth-order valence-electron chi connectivity index (χ4n) is 2.64. The first kappa shape index (κ1) is 15.6. The van der Waals surface area contributed by atoms with Crippen molar-refractivity contribution in [1.82, 2.24) is 4.90 Å². The standard InChI is InChI=1S/C15H23N3O3/c1-17(2)12-6-5-10(7-11(12)16)15(19)18-8-13(20-3)14(9-18)21-4/h5-7,13-14H,8-9,16H2,1-4H3. The van der Waals surface area contributed by atoms with Crippen molar-refractivity contribution < 1.29 is 14.3 Å². The summed E-state index contributed by atoms with van der Waals surface area (Å²) in [5, 5.41) is 0. The fraction of sp³-hybridized carbons (Fsp3) is 0.533. The van der Waals surface area contributed by atoms with E-state index in [4.69, 9.17) is 15.2 Å². The van der Waals surface area contributed by atoms with Crippen molar-refractivity contribution in [3.63, 3.8) is 0 Å². The summed E-state index contributed by atoms with van der Waals surface area (Å²) in [6.45, 7) is 1.06. The van der Waals surface area contributed by atoms with Gasteiger partial charge in [-0.3, -0.25) is 4.79 Å². The number of methoxy groups -OCH3 is 2.